The molecule has 0 fully saturated rings. The molecule has 0 aliphatic heterocycles. The lowest BCUT2D eigenvalue weighted by atomic mass is 10.2. The molecule has 1 amide bonds. The SMILES string of the molecule is C=CCOc1cccc(CNC(=O)c2cc(C)nn2C)c1. The molecule has 0 atom stereocenters. The minimum absolute atomic E-state index is 0.143. The predicted octanol–water partition coefficient (Wildman–Crippen LogP) is 2.22. The summed E-state index contributed by atoms with van der Waals surface area (Å²) in [6.07, 6.45) is 1.69. The van der Waals surface area contributed by atoms with Crippen molar-refractivity contribution in [2.45, 2.75) is 13.5 Å². The summed E-state index contributed by atoms with van der Waals surface area (Å²) in [6, 6.07) is 9.38. The van der Waals surface area contributed by atoms with Gasteiger partial charge < -0.3 is 10.1 Å². The molecule has 0 bridgehead atoms. The number of amides is 1. The monoisotopic (exact) mass is 285 g/mol. The topological polar surface area (TPSA) is 56.1 Å². The Labute approximate surface area is 124 Å². The molecular formula is C16H19N3O2. The van der Waals surface area contributed by atoms with Gasteiger partial charge >= 0.3 is 0 Å². The second-order valence-corrected chi connectivity index (χ2v) is 4.72. The summed E-state index contributed by atoms with van der Waals surface area (Å²) in [5, 5.41) is 7.04. The summed E-state index contributed by atoms with van der Waals surface area (Å²) in [6.45, 7) is 6.37. The largest absolute Gasteiger partial charge is 0.490 e. The Morgan fingerprint density at radius 1 is 1.48 bits per heavy atom. The molecule has 2 aromatic rings. The van der Waals surface area contributed by atoms with E-state index < -0.39 is 0 Å². The van der Waals surface area contributed by atoms with E-state index in [-0.39, 0.29) is 5.91 Å². The minimum atomic E-state index is -0.143. The van der Waals surface area contributed by atoms with E-state index >= 15 is 0 Å². The molecule has 21 heavy (non-hydrogen) atoms. The Morgan fingerprint density at radius 2 is 2.29 bits per heavy atom. The van der Waals surface area contributed by atoms with Crippen molar-refractivity contribution in [2.75, 3.05) is 6.61 Å². The zero-order valence-corrected chi connectivity index (χ0v) is 12.3. The Bertz CT molecular complexity index is 647. The van der Waals surface area contributed by atoms with E-state index in [1.807, 2.05) is 31.2 Å². The molecule has 0 radical (unpaired) electrons. The van der Waals surface area contributed by atoms with E-state index in [2.05, 4.69) is 17.0 Å². The Balaban J connectivity index is 1.98. The van der Waals surface area contributed by atoms with Crippen molar-refractivity contribution in [3.8, 4) is 5.75 Å². The first-order valence-corrected chi connectivity index (χ1v) is 6.71. The highest BCUT2D eigenvalue weighted by Gasteiger charge is 2.11. The number of hydrogen-bond donors (Lipinski definition) is 1. The van der Waals surface area contributed by atoms with Gasteiger partial charge in [0.25, 0.3) is 5.91 Å². The van der Waals surface area contributed by atoms with Gasteiger partial charge in [-0.2, -0.15) is 5.10 Å². The normalized spacial score (nSPS) is 10.2. The number of aromatic nitrogens is 2. The van der Waals surface area contributed by atoms with E-state index in [0.29, 0.717) is 18.8 Å². The van der Waals surface area contributed by atoms with Crippen molar-refractivity contribution < 1.29 is 9.53 Å². The molecule has 5 heteroatoms. The van der Waals surface area contributed by atoms with Crippen molar-refractivity contribution in [1.29, 1.82) is 0 Å². The van der Waals surface area contributed by atoms with Crippen LogP contribution in [-0.2, 0) is 13.6 Å². The highest BCUT2D eigenvalue weighted by molar-refractivity contribution is 5.92. The molecule has 0 aliphatic rings. The maximum atomic E-state index is 12.1. The highest BCUT2D eigenvalue weighted by atomic mass is 16.5. The molecule has 1 aromatic carbocycles. The summed E-state index contributed by atoms with van der Waals surface area (Å²) < 4.78 is 7.04. The van der Waals surface area contributed by atoms with Gasteiger partial charge in [-0.05, 0) is 30.7 Å². The number of carbonyl (C=O) groups excluding carboxylic acids is 1. The summed E-state index contributed by atoms with van der Waals surface area (Å²) in [5.74, 6) is 0.619. The molecule has 0 spiro atoms. The third kappa shape index (κ3) is 3.95. The predicted molar refractivity (Wildman–Crippen MR) is 81.2 cm³/mol. The number of hydrogen-bond acceptors (Lipinski definition) is 3. The molecule has 1 N–H and O–H groups in total. The van der Waals surface area contributed by atoms with Crippen molar-refractivity contribution in [3.05, 3.63) is 59.9 Å². The zero-order chi connectivity index (χ0) is 15.2. The number of benzene rings is 1. The molecule has 110 valence electrons. The molecular weight excluding hydrogens is 266 g/mol. The maximum Gasteiger partial charge on any atom is 0.269 e. The van der Waals surface area contributed by atoms with Gasteiger partial charge in [-0.3, -0.25) is 9.48 Å². The highest BCUT2D eigenvalue weighted by Crippen LogP contribution is 2.13. The van der Waals surface area contributed by atoms with E-state index in [1.165, 1.54) is 0 Å². The number of carbonyl (C=O) groups is 1. The zero-order valence-electron chi connectivity index (χ0n) is 12.3. The van der Waals surface area contributed by atoms with Crippen LogP contribution in [0.15, 0.2) is 43.0 Å². The molecule has 1 aromatic heterocycles. The quantitative estimate of drug-likeness (QED) is 0.828. The van der Waals surface area contributed by atoms with Gasteiger partial charge in [0, 0.05) is 13.6 Å². The van der Waals surface area contributed by atoms with Crippen LogP contribution in [0.1, 0.15) is 21.7 Å². The average Bonchev–Trinajstić information content (AvgIpc) is 2.82. The van der Waals surface area contributed by atoms with Gasteiger partial charge in [0.2, 0.25) is 0 Å². The molecule has 0 saturated carbocycles. The third-order valence-corrected chi connectivity index (χ3v) is 2.95. The van der Waals surface area contributed by atoms with Gasteiger partial charge in [0.05, 0.1) is 5.69 Å². The van der Waals surface area contributed by atoms with Gasteiger partial charge in [-0.15, -0.1) is 0 Å². The lowest BCUT2D eigenvalue weighted by Gasteiger charge is -2.08. The number of nitrogens with one attached hydrogen (secondary N) is 1. The van der Waals surface area contributed by atoms with Crippen molar-refractivity contribution >= 4 is 5.91 Å². The van der Waals surface area contributed by atoms with Crippen LogP contribution >= 0.6 is 0 Å². The van der Waals surface area contributed by atoms with E-state index in [1.54, 1.807) is 23.9 Å². The van der Waals surface area contributed by atoms with Gasteiger partial charge in [0.1, 0.15) is 18.1 Å². The van der Waals surface area contributed by atoms with Crippen LogP contribution in [0, 0.1) is 6.92 Å². The smallest absolute Gasteiger partial charge is 0.269 e. The molecule has 0 saturated heterocycles. The van der Waals surface area contributed by atoms with Crippen LogP contribution in [0.25, 0.3) is 0 Å². The van der Waals surface area contributed by atoms with Crippen LogP contribution in [0.4, 0.5) is 0 Å². The fraction of sp³-hybridized carbons (Fsp3) is 0.250. The second-order valence-electron chi connectivity index (χ2n) is 4.72. The van der Waals surface area contributed by atoms with Crippen molar-refractivity contribution in [2.24, 2.45) is 7.05 Å². The minimum Gasteiger partial charge on any atom is -0.490 e. The number of aryl methyl sites for hydroxylation is 2. The van der Waals surface area contributed by atoms with Crippen LogP contribution in [0.2, 0.25) is 0 Å². The molecule has 0 aliphatic carbocycles. The van der Waals surface area contributed by atoms with Gasteiger partial charge in [-0.25, -0.2) is 0 Å². The Hall–Kier alpha value is -2.56. The van der Waals surface area contributed by atoms with Crippen molar-refractivity contribution in [3.63, 3.8) is 0 Å². The molecule has 1 heterocycles. The summed E-state index contributed by atoms with van der Waals surface area (Å²) in [4.78, 5) is 12.1. The lowest BCUT2D eigenvalue weighted by molar-refractivity contribution is 0.0941. The van der Waals surface area contributed by atoms with Crippen molar-refractivity contribution in [1.82, 2.24) is 15.1 Å². The van der Waals surface area contributed by atoms with E-state index in [0.717, 1.165) is 17.0 Å². The molecule has 0 unspecified atom stereocenters. The van der Waals surface area contributed by atoms with E-state index in [9.17, 15) is 4.79 Å². The van der Waals surface area contributed by atoms with E-state index in [4.69, 9.17) is 4.74 Å². The Morgan fingerprint density at radius 3 is 2.95 bits per heavy atom. The number of rotatable bonds is 6. The first-order chi connectivity index (χ1) is 10.1. The van der Waals surface area contributed by atoms with Crippen LogP contribution < -0.4 is 10.1 Å². The molecule has 2 rings (SSSR count). The number of nitrogens with zero attached hydrogens (tertiary/aromatic N) is 2. The fourth-order valence-electron chi connectivity index (χ4n) is 2.00. The summed E-state index contributed by atoms with van der Waals surface area (Å²) >= 11 is 0. The molecule has 5 nitrogen and oxygen atoms in total. The van der Waals surface area contributed by atoms with Crippen LogP contribution in [-0.4, -0.2) is 22.3 Å². The second kappa shape index (κ2) is 6.74. The summed E-state index contributed by atoms with van der Waals surface area (Å²) in [5.41, 5.74) is 2.35. The first kappa shape index (κ1) is 14.8. The Kier molecular flexibility index (Phi) is 4.77. The maximum absolute atomic E-state index is 12.1. The third-order valence-electron chi connectivity index (χ3n) is 2.95. The number of ether oxygens (including phenoxy) is 1. The lowest BCUT2D eigenvalue weighted by Crippen LogP contribution is -2.25. The summed E-state index contributed by atoms with van der Waals surface area (Å²) in [7, 11) is 1.76. The first-order valence-electron chi connectivity index (χ1n) is 6.71. The van der Waals surface area contributed by atoms with Crippen LogP contribution in [0.3, 0.4) is 0 Å². The average molecular weight is 285 g/mol. The standard InChI is InChI=1S/C16H19N3O2/c1-4-8-21-14-7-5-6-13(10-14)11-17-16(20)15-9-12(2)18-19(15)3/h4-7,9-10H,1,8,11H2,2-3H3,(H,17,20). The fourth-order valence-corrected chi connectivity index (χ4v) is 2.00. The van der Waals surface area contributed by atoms with Crippen LogP contribution in [0.5, 0.6) is 5.75 Å². The van der Waals surface area contributed by atoms with Gasteiger partial charge in [0.15, 0.2) is 0 Å². The van der Waals surface area contributed by atoms with Gasteiger partial charge in [-0.1, -0.05) is 24.8 Å².